The third kappa shape index (κ3) is 2.80. The van der Waals surface area contributed by atoms with Crippen molar-refractivity contribution in [3.8, 4) is 5.75 Å². The summed E-state index contributed by atoms with van der Waals surface area (Å²) in [6.07, 6.45) is 9.45. The third-order valence-corrected chi connectivity index (χ3v) is 9.35. The fourth-order valence-electron chi connectivity index (χ4n) is 7.53. The molecule has 1 heterocycles. The molecule has 3 saturated carbocycles. The molecule has 4 heteroatoms. The Hall–Kier alpha value is -1.22. The number of rotatable bonds is 2. The first kappa shape index (κ1) is 18.8. The van der Waals surface area contributed by atoms with Crippen molar-refractivity contribution in [2.45, 2.75) is 77.4 Å². The predicted octanol–water partition coefficient (Wildman–Crippen LogP) is 5.61. The Balaban J connectivity index is 1.36. The lowest BCUT2D eigenvalue weighted by atomic mass is 9.47. The first-order valence-electron chi connectivity index (χ1n) is 11.1. The molecular weight excluding hydrogens is 370 g/mol. The normalized spacial score (nSPS) is 44.8. The highest BCUT2D eigenvalue weighted by Crippen LogP contribution is 2.64. The molecule has 1 aliphatic heterocycles. The molecule has 0 radical (unpaired) electrons. The Kier molecular flexibility index (Phi) is 4.46. The number of halogens is 1. The van der Waals surface area contributed by atoms with Gasteiger partial charge in [-0.05, 0) is 92.4 Å². The van der Waals surface area contributed by atoms with Crippen molar-refractivity contribution in [2.75, 3.05) is 0 Å². The number of amides is 1. The van der Waals surface area contributed by atoms with E-state index >= 15 is 0 Å². The Labute approximate surface area is 173 Å². The second-order valence-electron chi connectivity index (χ2n) is 10.3. The van der Waals surface area contributed by atoms with E-state index in [1.807, 2.05) is 24.3 Å². The third-order valence-electron chi connectivity index (χ3n) is 9.10. The minimum Gasteiger partial charge on any atom is -0.490 e. The van der Waals surface area contributed by atoms with Crippen molar-refractivity contribution in [1.82, 2.24) is 5.32 Å². The van der Waals surface area contributed by atoms with Gasteiger partial charge in [-0.2, -0.15) is 0 Å². The van der Waals surface area contributed by atoms with E-state index in [1.54, 1.807) is 0 Å². The Morgan fingerprint density at radius 3 is 2.50 bits per heavy atom. The fourth-order valence-corrected chi connectivity index (χ4v) is 7.65. The van der Waals surface area contributed by atoms with Crippen LogP contribution in [-0.4, -0.2) is 18.1 Å². The highest BCUT2D eigenvalue weighted by Gasteiger charge is 2.61. The summed E-state index contributed by atoms with van der Waals surface area (Å²) in [7, 11) is 0. The van der Waals surface area contributed by atoms with Gasteiger partial charge in [-0.25, -0.2) is 0 Å². The van der Waals surface area contributed by atoms with Gasteiger partial charge in [0.1, 0.15) is 11.9 Å². The van der Waals surface area contributed by atoms with Crippen molar-refractivity contribution < 1.29 is 9.53 Å². The molecule has 152 valence electrons. The predicted molar refractivity (Wildman–Crippen MR) is 111 cm³/mol. The molecular formula is C24H32ClNO2. The van der Waals surface area contributed by atoms with Gasteiger partial charge < -0.3 is 10.1 Å². The molecule has 1 aromatic carbocycles. The van der Waals surface area contributed by atoms with Gasteiger partial charge in [0.2, 0.25) is 5.91 Å². The van der Waals surface area contributed by atoms with E-state index in [1.165, 1.54) is 25.7 Å². The first-order valence-corrected chi connectivity index (χ1v) is 11.5. The standard InChI is InChI=1S/C24H32ClNO2/c1-23-14-12-22(27)26-20(23)9-7-17-18-8-10-21(24(18,2)13-11-19(17)23)28-16-5-3-15(25)4-6-16/h3-6,17-21H,7-14H2,1-2H3,(H,26,27)/t17-,18-,19+,20?,21?,23+,24-/m0/s1. The van der Waals surface area contributed by atoms with Gasteiger partial charge in [0.15, 0.2) is 0 Å². The molecule has 0 spiro atoms. The summed E-state index contributed by atoms with van der Waals surface area (Å²) in [5.41, 5.74) is 0.551. The van der Waals surface area contributed by atoms with Crippen LogP contribution in [0.2, 0.25) is 5.02 Å². The van der Waals surface area contributed by atoms with Crippen LogP contribution < -0.4 is 10.1 Å². The summed E-state index contributed by atoms with van der Waals surface area (Å²) < 4.78 is 6.51. The lowest BCUT2D eigenvalue weighted by molar-refractivity contribution is -0.137. The van der Waals surface area contributed by atoms with Crippen molar-refractivity contribution in [3.63, 3.8) is 0 Å². The van der Waals surface area contributed by atoms with Crippen LogP contribution in [0, 0.1) is 28.6 Å². The fraction of sp³-hybridized carbons (Fsp3) is 0.708. The highest BCUT2D eigenvalue weighted by atomic mass is 35.5. The largest absolute Gasteiger partial charge is 0.490 e. The molecule has 1 saturated heterocycles. The van der Waals surface area contributed by atoms with Gasteiger partial charge in [0.25, 0.3) is 0 Å². The summed E-state index contributed by atoms with van der Waals surface area (Å²) in [6, 6.07) is 8.23. The van der Waals surface area contributed by atoms with Crippen LogP contribution in [0.4, 0.5) is 0 Å². The maximum atomic E-state index is 12.0. The number of piperidine rings is 1. The number of fused-ring (bicyclic) bond motifs is 5. The topological polar surface area (TPSA) is 38.3 Å². The van der Waals surface area contributed by atoms with Gasteiger partial charge in [0, 0.05) is 22.9 Å². The molecule has 4 fully saturated rings. The molecule has 0 aromatic heterocycles. The van der Waals surface area contributed by atoms with E-state index in [0.717, 1.165) is 47.8 Å². The molecule has 28 heavy (non-hydrogen) atoms. The van der Waals surface area contributed by atoms with E-state index < -0.39 is 0 Å². The second-order valence-corrected chi connectivity index (χ2v) is 10.7. The molecule has 3 nitrogen and oxygen atoms in total. The summed E-state index contributed by atoms with van der Waals surface area (Å²) in [6.45, 7) is 4.95. The van der Waals surface area contributed by atoms with E-state index in [2.05, 4.69) is 19.2 Å². The van der Waals surface area contributed by atoms with Crippen LogP contribution >= 0.6 is 11.6 Å². The van der Waals surface area contributed by atoms with Gasteiger partial charge in [-0.15, -0.1) is 0 Å². The van der Waals surface area contributed by atoms with Crippen LogP contribution in [0.3, 0.4) is 0 Å². The number of benzene rings is 1. The zero-order valence-corrected chi connectivity index (χ0v) is 17.8. The molecule has 0 bridgehead atoms. The zero-order chi connectivity index (χ0) is 19.5. The van der Waals surface area contributed by atoms with E-state index in [9.17, 15) is 4.79 Å². The van der Waals surface area contributed by atoms with Crippen LogP contribution in [-0.2, 0) is 4.79 Å². The second kappa shape index (κ2) is 6.65. The average molecular weight is 402 g/mol. The van der Waals surface area contributed by atoms with Crippen molar-refractivity contribution >= 4 is 17.5 Å². The zero-order valence-electron chi connectivity index (χ0n) is 17.0. The maximum Gasteiger partial charge on any atom is 0.220 e. The molecule has 4 aliphatic rings. The van der Waals surface area contributed by atoms with E-state index in [4.69, 9.17) is 16.3 Å². The summed E-state index contributed by atoms with van der Waals surface area (Å²) in [4.78, 5) is 12.0. The molecule has 3 aliphatic carbocycles. The van der Waals surface area contributed by atoms with Gasteiger partial charge in [0.05, 0.1) is 0 Å². The number of ether oxygens (including phenoxy) is 1. The van der Waals surface area contributed by atoms with Crippen LogP contribution in [0.25, 0.3) is 0 Å². The van der Waals surface area contributed by atoms with Crippen molar-refractivity contribution in [2.24, 2.45) is 28.6 Å². The van der Waals surface area contributed by atoms with Crippen LogP contribution in [0.1, 0.15) is 65.2 Å². The van der Waals surface area contributed by atoms with Gasteiger partial charge in [-0.1, -0.05) is 25.4 Å². The first-order chi connectivity index (χ1) is 13.4. The molecule has 5 rings (SSSR count). The molecule has 1 N–H and O–H groups in total. The minimum atomic E-state index is 0.263. The van der Waals surface area contributed by atoms with Crippen LogP contribution in [0.5, 0.6) is 5.75 Å². The smallest absolute Gasteiger partial charge is 0.220 e. The number of carbonyl (C=O) groups excluding carboxylic acids is 1. The van der Waals surface area contributed by atoms with Crippen molar-refractivity contribution in [3.05, 3.63) is 29.3 Å². The summed E-state index contributed by atoms with van der Waals surface area (Å²) in [5, 5.41) is 4.09. The molecule has 1 aromatic rings. The molecule has 1 amide bonds. The Morgan fingerprint density at radius 1 is 0.964 bits per heavy atom. The Bertz CT molecular complexity index is 764. The van der Waals surface area contributed by atoms with Crippen molar-refractivity contribution in [1.29, 1.82) is 0 Å². The number of hydrogen-bond donors (Lipinski definition) is 1. The molecule has 7 atom stereocenters. The highest BCUT2D eigenvalue weighted by molar-refractivity contribution is 6.30. The average Bonchev–Trinajstić information content (AvgIpc) is 3.00. The Morgan fingerprint density at radius 2 is 1.71 bits per heavy atom. The number of carbonyl (C=O) groups is 1. The lowest BCUT2D eigenvalue weighted by Crippen LogP contribution is -2.61. The van der Waals surface area contributed by atoms with Gasteiger partial charge in [-0.3, -0.25) is 4.79 Å². The van der Waals surface area contributed by atoms with E-state index in [-0.39, 0.29) is 16.7 Å². The monoisotopic (exact) mass is 401 g/mol. The maximum absolute atomic E-state index is 12.0. The quantitative estimate of drug-likeness (QED) is 0.699. The summed E-state index contributed by atoms with van der Waals surface area (Å²) in [5.74, 6) is 3.50. The van der Waals surface area contributed by atoms with Crippen LogP contribution in [0.15, 0.2) is 24.3 Å². The minimum absolute atomic E-state index is 0.263. The SMILES string of the molecule is C[C@]12CCC(=O)NC1CC[C@@H]1[C@H]2CC[C@]2(C)C(Oc3ccc(Cl)cc3)CC[C@@H]12. The summed E-state index contributed by atoms with van der Waals surface area (Å²) >= 11 is 6.04. The van der Waals surface area contributed by atoms with E-state index in [0.29, 0.717) is 18.6 Å². The number of hydrogen-bond acceptors (Lipinski definition) is 2. The molecule has 2 unspecified atom stereocenters. The lowest BCUT2D eigenvalue weighted by Gasteiger charge is -2.60. The number of nitrogens with one attached hydrogen (secondary N) is 1. The van der Waals surface area contributed by atoms with Gasteiger partial charge >= 0.3 is 0 Å².